The van der Waals surface area contributed by atoms with Crippen LogP contribution in [-0.2, 0) is 6.18 Å². The van der Waals surface area contributed by atoms with Crippen molar-refractivity contribution in [2.24, 2.45) is 0 Å². The second kappa shape index (κ2) is 7.63. The highest BCUT2D eigenvalue weighted by Crippen LogP contribution is 2.38. The molecule has 0 amide bonds. The maximum absolute atomic E-state index is 13.6. The van der Waals surface area contributed by atoms with Gasteiger partial charge in [0.1, 0.15) is 5.82 Å². The van der Waals surface area contributed by atoms with Crippen molar-refractivity contribution in [3.8, 4) is 11.3 Å². The largest absolute Gasteiger partial charge is 0.417 e. The van der Waals surface area contributed by atoms with Gasteiger partial charge in [-0.2, -0.15) is 13.2 Å². The number of aromatic nitrogens is 2. The van der Waals surface area contributed by atoms with E-state index in [1.54, 1.807) is 24.4 Å². The molecular weight excluding hydrogens is 387 g/mol. The zero-order valence-electron chi connectivity index (χ0n) is 16.2. The van der Waals surface area contributed by atoms with Crippen LogP contribution in [0.25, 0.3) is 27.9 Å². The smallest absolute Gasteiger partial charge is 0.340 e. The third kappa shape index (κ3) is 3.76. The Morgan fingerprint density at radius 2 is 1.70 bits per heavy atom. The fraction of sp³-hybridized carbons (Fsp3) is 0.0833. The van der Waals surface area contributed by atoms with E-state index in [0.717, 1.165) is 17.2 Å². The molecule has 1 N–H and O–H groups in total. The molecule has 0 bridgehead atoms. The molecule has 6 heteroatoms. The zero-order valence-corrected chi connectivity index (χ0v) is 16.2. The van der Waals surface area contributed by atoms with Crippen molar-refractivity contribution in [2.45, 2.75) is 13.1 Å². The zero-order chi connectivity index (χ0) is 21.3. The van der Waals surface area contributed by atoms with Crippen LogP contribution in [0, 0.1) is 6.92 Å². The number of halogens is 3. The summed E-state index contributed by atoms with van der Waals surface area (Å²) < 4.78 is 40.7. The Morgan fingerprint density at radius 1 is 0.967 bits per heavy atom. The van der Waals surface area contributed by atoms with Gasteiger partial charge in [-0.25, -0.2) is 4.98 Å². The summed E-state index contributed by atoms with van der Waals surface area (Å²) in [4.78, 5) is 8.86. The van der Waals surface area contributed by atoms with Gasteiger partial charge in [-0.3, -0.25) is 4.98 Å². The first kappa shape index (κ1) is 19.6. The van der Waals surface area contributed by atoms with Crippen LogP contribution >= 0.6 is 0 Å². The Balaban J connectivity index is 1.86. The molecule has 0 saturated carbocycles. The second-order valence-electron chi connectivity index (χ2n) is 6.89. The van der Waals surface area contributed by atoms with Gasteiger partial charge >= 0.3 is 6.18 Å². The number of hydrogen-bond acceptors (Lipinski definition) is 3. The number of fused-ring (bicyclic) bond motifs is 1. The Hall–Kier alpha value is -3.67. The summed E-state index contributed by atoms with van der Waals surface area (Å²) in [7, 11) is 0. The molecule has 4 rings (SSSR count). The summed E-state index contributed by atoms with van der Waals surface area (Å²) in [5.41, 5.74) is 2.52. The fourth-order valence-electron chi connectivity index (χ4n) is 3.38. The number of aryl methyl sites for hydroxylation is 1. The number of nitrogens with zero attached hydrogens (tertiary/aromatic N) is 2. The lowest BCUT2D eigenvalue weighted by Crippen LogP contribution is -2.08. The van der Waals surface area contributed by atoms with Crippen molar-refractivity contribution in [3.63, 3.8) is 0 Å². The van der Waals surface area contributed by atoms with E-state index in [2.05, 4.69) is 21.9 Å². The highest BCUT2D eigenvalue weighted by molar-refractivity contribution is 5.95. The van der Waals surface area contributed by atoms with E-state index in [9.17, 15) is 13.2 Å². The molecule has 2 heterocycles. The number of benzene rings is 2. The molecule has 0 aliphatic rings. The number of nitrogens with one attached hydrogen (secondary N) is 1. The van der Waals surface area contributed by atoms with E-state index in [1.165, 1.54) is 12.1 Å². The molecule has 0 unspecified atom stereocenters. The first-order valence-electron chi connectivity index (χ1n) is 9.29. The quantitative estimate of drug-likeness (QED) is 0.410. The predicted octanol–water partition coefficient (Wildman–Crippen LogP) is 6.71. The highest BCUT2D eigenvalue weighted by Gasteiger charge is 2.33. The van der Waals surface area contributed by atoms with Crippen molar-refractivity contribution in [2.75, 3.05) is 5.32 Å². The summed E-state index contributed by atoms with van der Waals surface area (Å²) in [6.07, 6.45) is -2.89. The Kier molecular flexibility index (Phi) is 4.99. The number of alkyl halides is 3. The Labute approximate surface area is 171 Å². The van der Waals surface area contributed by atoms with E-state index in [0.29, 0.717) is 22.4 Å². The van der Waals surface area contributed by atoms with Gasteiger partial charge in [-0.15, -0.1) is 0 Å². The van der Waals surface area contributed by atoms with Crippen molar-refractivity contribution in [3.05, 3.63) is 96.2 Å². The van der Waals surface area contributed by atoms with Gasteiger partial charge in [0.05, 0.1) is 16.8 Å². The summed E-state index contributed by atoms with van der Waals surface area (Å²) in [6.45, 7) is 6.06. The molecule has 0 aliphatic heterocycles. The fourth-order valence-corrected chi connectivity index (χ4v) is 3.38. The molecule has 30 heavy (non-hydrogen) atoms. The maximum atomic E-state index is 13.6. The minimum absolute atomic E-state index is 0.00195. The second-order valence-corrected chi connectivity index (χ2v) is 6.89. The minimum Gasteiger partial charge on any atom is -0.340 e. The van der Waals surface area contributed by atoms with Crippen molar-refractivity contribution >= 4 is 22.4 Å². The number of anilines is 1. The van der Waals surface area contributed by atoms with Crippen molar-refractivity contribution < 1.29 is 13.2 Å². The lowest BCUT2D eigenvalue weighted by atomic mass is 10.0. The number of hydrogen-bond donors (Lipinski definition) is 1. The summed E-state index contributed by atoms with van der Waals surface area (Å²) in [5.74, 6) is 0.404. The third-order valence-electron chi connectivity index (χ3n) is 4.85. The minimum atomic E-state index is -4.49. The average molecular weight is 405 g/mol. The Bertz CT molecular complexity index is 1250. The van der Waals surface area contributed by atoms with Gasteiger partial charge in [0, 0.05) is 28.4 Å². The average Bonchev–Trinajstić information content (AvgIpc) is 2.73. The van der Waals surface area contributed by atoms with Crippen LogP contribution in [0.15, 0.2) is 79.5 Å². The van der Waals surface area contributed by atoms with Crippen LogP contribution in [0.5, 0.6) is 0 Å². The van der Waals surface area contributed by atoms with Gasteiger partial charge in [0.25, 0.3) is 0 Å². The van der Waals surface area contributed by atoms with Gasteiger partial charge < -0.3 is 5.32 Å². The monoisotopic (exact) mass is 405 g/mol. The van der Waals surface area contributed by atoms with Crippen LogP contribution in [0.1, 0.15) is 16.7 Å². The third-order valence-corrected chi connectivity index (χ3v) is 4.85. The van der Waals surface area contributed by atoms with E-state index in [-0.39, 0.29) is 11.3 Å². The van der Waals surface area contributed by atoms with Crippen LogP contribution < -0.4 is 5.32 Å². The molecule has 0 radical (unpaired) electrons. The van der Waals surface area contributed by atoms with Gasteiger partial charge in [0.15, 0.2) is 0 Å². The molecule has 0 fully saturated rings. The molecular formula is C24H18F3N3. The molecule has 2 aromatic heterocycles. The molecule has 2 aromatic carbocycles. The lowest BCUT2D eigenvalue weighted by Gasteiger charge is -2.16. The van der Waals surface area contributed by atoms with E-state index < -0.39 is 11.7 Å². The predicted molar refractivity (Wildman–Crippen MR) is 114 cm³/mol. The van der Waals surface area contributed by atoms with Crippen LogP contribution in [-0.4, -0.2) is 9.97 Å². The van der Waals surface area contributed by atoms with E-state index >= 15 is 0 Å². The van der Waals surface area contributed by atoms with E-state index in [4.69, 9.17) is 0 Å². The molecule has 150 valence electrons. The van der Waals surface area contributed by atoms with Crippen LogP contribution in [0.3, 0.4) is 0 Å². The summed E-state index contributed by atoms with van der Waals surface area (Å²) in [6, 6.07) is 18.3. The van der Waals surface area contributed by atoms with E-state index in [1.807, 2.05) is 37.3 Å². The van der Waals surface area contributed by atoms with Crippen molar-refractivity contribution in [1.82, 2.24) is 9.97 Å². The van der Waals surface area contributed by atoms with Gasteiger partial charge in [0.2, 0.25) is 0 Å². The molecule has 0 aliphatic carbocycles. The summed E-state index contributed by atoms with van der Waals surface area (Å²) >= 11 is 0. The molecule has 0 saturated heterocycles. The highest BCUT2D eigenvalue weighted by atomic mass is 19.4. The lowest BCUT2D eigenvalue weighted by molar-refractivity contribution is -0.137. The topological polar surface area (TPSA) is 37.8 Å². The normalized spacial score (nSPS) is 11.5. The standard InChI is InChI=1S/C24H18F3N3/c1-15-8-3-4-9-17(15)16(2)29-23-19-11-7-13-28-21(19)14-22(30-23)18-10-5-6-12-20(18)24(25,26)27/h3-14H,2H2,1H3,(H,29,30). The maximum Gasteiger partial charge on any atom is 0.417 e. The first-order valence-corrected chi connectivity index (χ1v) is 9.29. The SMILES string of the molecule is C=C(Nc1nc(-c2ccccc2C(F)(F)F)cc2ncccc12)c1ccccc1C. The number of rotatable bonds is 4. The first-order chi connectivity index (χ1) is 14.3. The molecule has 3 nitrogen and oxygen atoms in total. The Morgan fingerprint density at radius 3 is 2.47 bits per heavy atom. The summed E-state index contributed by atoms with van der Waals surface area (Å²) in [5, 5.41) is 3.88. The molecule has 4 aromatic rings. The molecule has 0 spiro atoms. The van der Waals surface area contributed by atoms with Gasteiger partial charge in [-0.05, 0) is 36.8 Å². The van der Waals surface area contributed by atoms with Gasteiger partial charge in [-0.1, -0.05) is 49.0 Å². The molecule has 0 atom stereocenters. The van der Waals surface area contributed by atoms with Crippen LogP contribution in [0.2, 0.25) is 0 Å². The number of pyridine rings is 2. The van der Waals surface area contributed by atoms with Crippen LogP contribution in [0.4, 0.5) is 19.0 Å². The van der Waals surface area contributed by atoms with Crippen molar-refractivity contribution in [1.29, 1.82) is 0 Å².